The first kappa shape index (κ1) is 20.4. The number of nitrogens with zero attached hydrogens (tertiary/aromatic N) is 5. The number of hydrogen-bond acceptors (Lipinski definition) is 5. The Morgan fingerprint density at radius 3 is 2.52 bits per heavy atom. The van der Waals surface area contributed by atoms with Crippen molar-refractivity contribution in [1.29, 1.82) is 0 Å². The van der Waals surface area contributed by atoms with Crippen molar-refractivity contribution in [3.8, 4) is 0 Å². The molecule has 31 heavy (non-hydrogen) atoms. The minimum Gasteiger partial charge on any atom is -0.338 e. The van der Waals surface area contributed by atoms with Gasteiger partial charge in [-0.25, -0.2) is 9.97 Å². The first-order valence-corrected chi connectivity index (χ1v) is 11.8. The summed E-state index contributed by atoms with van der Waals surface area (Å²) in [6.45, 7) is 9.73. The standard InChI is InChI=1S/C25H33N5O/c1-18-6-7-19(2)22(16-18)24(31)29-10-8-20-17-26-25(27-23(20)9-11-29)30-14-12-28(13-15-30)21-4-3-5-21/h6-7,16-17,21H,3-5,8-15H2,1-2H3. The Morgan fingerprint density at radius 2 is 1.77 bits per heavy atom. The molecule has 1 amide bonds. The molecule has 1 aromatic heterocycles. The fourth-order valence-corrected chi connectivity index (χ4v) is 5.00. The highest BCUT2D eigenvalue weighted by Gasteiger charge is 2.29. The maximum Gasteiger partial charge on any atom is 0.254 e. The molecule has 3 aliphatic rings. The summed E-state index contributed by atoms with van der Waals surface area (Å²) < 4.78 is 0. The molecule has 5 rings (SSSR count). The van der Waals surface area contributed by atoms with Crippen LogP contribution in [0.3, 0.4) is 0 Å². The number of aryl methyl sites for hydroxylation is 2. The highest BCUT2D eigenvalue weighted by atomic mass is 16.2. The van der Waals surface area contributed by atoms with Crippen molar-refractivity contribution in [2.24, 2.45) is 0 Å². The molecule has 1 aliphatic carbocycles. The molecule has 2 fully saturated rings. The topological polar surface area (TPSA) is 52.6 Å². The lowest BCUT2D eigenvalue weighted by Gasteiger charge is -2.43. The average molecular weight is 420 g/mol. The third-order valence-corrected chi connectivity index (χ3v) is 7.31. The Balaban J connectivity index is 1.25. The molecule has 0 spiro atoms. The molecule has 6 nitrogen and oxygen atoms in total. The van der Waals surface area contributed by atoms with E-state index in [2.05, 4.69) is 15.9 Å². The maximum atomic E-state index is 13.2. The number of amides is 1. The van der Waals surface area contributed by atoms with Crippen molar-refractivity contribution in [1.82, 2.24) is 19.8 Å². The van der Waals surface area contributed by atoms with Gasteiger partial charge in [-0.15, -0.1) is 0 Å². The van der Waals surface area contributed by atoms with Crippen LogP contribution in [-0.2, 0) is 12.8 Å². The number of benzene rings is 1. The smallest absolute Gasteiger partial charge is 0.254 e. The summed E-state index contributed by atoms with van der Waals surface area (Å²) >= 11 is 0. The van der Waals surface area contributed by atoms with Crippen LogP contribution in [-0.4, -0.2) is 71.0 Å². The van der Waals surface area contributed by atoms with Gasteiger partial charge in [-0.3, -0.25) is 9.69 Å². The fourth-order valence-electron chi connectivity index (χ4n) is 5.00. The van der Waals surface area contributed by atoms with Gasteiger partial charge in [0.1, 0.15) is 0 Å². The van der Waals surface area contributed by atoms with E-state index in [-0.39, 0.29) is 5.91 Å². The number of carbonyl (C=O) groups excluding carboxylic acids is 1. The molecule has 2 aliphatic heterocycles. The second kappa shape index (κ2) is 8.58. The van der Waals surface area contributed by atoms with Gasteiger partial charge in [0.05, 0.1) is 5.69 Å². The highest BCUT2D eigenvalue weighted by molar-refractivity contribution is 5.95. The fraction of sp³-hybridized carbons (Fsp3) is 0.560. The van der Waals surface area contributed by atoms with Crippen molar-refractivity contribution < 1.29 is 4.79 Å². The lowest BCUT2D eigenvalue weighted by atomic mass is 9.91. The predicted octanol–water partition coefficient (Wildman–Crippen LogP) is 3.01. The van der Waals surface area contributed by atoms with Crippen LogP contribution >= 0.6 is 0 Å². The lowest BCUT2D eigenvalue weighted by molar-refractivity contribution is 0.0762. The molecule has 164 valence electrons. The Labute approximate surface area is 185 Å². The molecule has 0 radical (unpaired) electrons. The number of carbonyl (C=O) groups is 1. The molecule has 0 bridgehead atoms. The van der Waals surface area contributed by atoms with Gasteiger partial charge in [-0.05, 0) is 50.3 Å². The molecule has 1 aromatic carbocycles. The molecular weight excluding hydrogens is 386 g/mol. The summed E-state index contributed by atoms with van der Waals surface area (Å²) in [5, 5.41) is 0. The Hall–Kier alpha value is -2.47. The van der Waals surface area contributed by atoms with Crippen LogP contribution in [0.5, 0.6) is 0 Å². The van der Waals surface area contributed by atoms with Crippen LogP contribution in [0.25, 0.3) is 0 Å². The van der Waals surface area contributed by atoms with Gasteiger partial charge >= 0.3 is 0 Å². The predicted molar refractivity (Wildman–Crippen MR) is 123 cm³/mol. The molecular formula is C25H33N5O. The quantitative estimate of drug-likeness (QED) is 0.766. The third kappa shape index (κ3) is 4.18. The third-order valence-electron chi connectivity index (χ3n) is 7.31. The molecule has 6 heteroatoms. The largest absolute Gasteiger partial charge is 0.338 e. The second-order valence-electron chi connectivity index (χ2n) is 9.36. The van der Waals surface area contributed by atoms with E-state index in [9.17, 15) is 4.79 Å². The van der Waals surface area contributed by atoms with E-state index in [1.54, 1.807) is 0 Å². The van der Waals surface area contributed by atoms with Gasteiger partial charge in [0, 0.05) is 63.5 Å². The van der Waals surface area contributed by atoms with E-state index in [0.717, 1.165) is 79.9 Å². The summed E-state index contributed by atoms with van der Waals surface area (Å²) in [5.74, 6) is 0.996. The number of hydrogen-bond donors (Lipinski definition) is 0. The van der Waals surface area contributed by atoms with Gasteiger partial charge < -0.3 is 9.80 Å². The molecule has 1 saturated carbocycles. The Kier molecular flexibility index (Phi) is 5.65. The van der Waals surface area contributed by atoms with Crippen molar-refractivity contribution in [3.63, 3.8) is 0 Å². The molecule has 0 atom stereocenters. The van der Waals surface area contributed by atoms with E-state index in [1.165, 1.54) is 24.8 Å². The van der Waals surface area contributed by atoms with Crippen molar-refractivity contribution >= 4 is 11.9 Å². The summed E-state index contributed by atoms with van der Waals surface area (Å²) in [4.78, 5) is 29.8. The SMILES string of the molecule is Cc1ccc(C)c(C(=O)N2CCc3cnc(N4CCN(C5CCC5)CC4)nc3CC2)c1. The molecule has 1 saturated heterocycles. The maximum absolute atomic E-state index is 13.2. The van der Waals surface area contributed by atoms with E-state index >= 15 is 0 Å². The Bertz CT molecular complexity index is 962. The van der Waals surface area contributed by atoms with E-state index in [1.807, 2.05) is 37.1 Å². The average Bonchev–Trinajstić information content (AvgIpc) is 2.96. The van der Waals surface area contributed by atoms with Crippen LogP contribution in [0.15, 0.2) is 24.4 Å². The summed E-state index contributed by atoms with van der Waals surface area (Å²) in [5.41, 5.74) is 5.29. The van der Waals surface area contributed by atoms with E-state index < -0.39 is 0 Å². The number of anilines is 1. The zero-order valence-electron chi connectivity index (χ0n) is 18.8. The molecule has 3 heterocycles. The number of aromatic nitrogens is 2. The lowest BCUT2D eigenvalue weighted by Crippen LogP contribution is -2.52. The zero-order valence-corrected chi connectivity index (χ0v) is 18.8. The van der Waals surface area contributed by atoms with Gasteiger partial charge in [0.2, 0.25) is 5.95 Å². The minimum atomic E-state index is 0.134. The van der Waals surface area contributed by atoms with Crippen LogP contribution in [0.1, 0.15) is 52.0 Å². The minimum absolute atomic E-state index is 0.134. The summed E-state index contributed by atoms with van der Waals surface area (Å²) in [6, 6.07) is 6.93. The number of fused-ring (bicyclic) bond motifs is 1. The van der Waals surface area contributed by atoms with Crippen molar-refractivity contribution in [2.75, 3.05) is 44.2 Å². The molecule has 2 aromatic rings. The first-order valence-electron chi connectivity index (χ1n) is 11.8. The van der Waals surface area contributed by atoms with Crippen molar-refractivity contribution in [2.45, 2.75) is 52.0 Å². The van der Waals surface area contributed by atoms with Crippen LogP contribution in [0.2, 0.25) is 0 Å². The molecule has 0 unspecified atom stereocenters. The highest BCUT2D eigenvalue weighted by Crippen LogP contribution is 2.26. The van der Waals surface area contributed by atoms with E-state index in [0.29, 0.717) is 6.54 Å². The van der Waals surface area contributed by atoms with Crippen LogP contribution in [0, 0.1) is 13.8 Å². The van der Waals surface area contributed by atoms with Gasteiger partial charge in [-0.1, -0.05) is 24.1 Å². The number of piperazine rings is 1. The number of rotatable bonds is 3. The van der Waals surface area contributed by atoms with Crippen molar-refractivity contribution in [3.05, 3.63) is 52.3 Å². The van der Waals surface area contributed by atoms with Gasteiger partial charge in [-0.2, -0.15) is 0 Å². The first-order chi connectivity index (χ1) is 15.1. The monoisotopic (exact) mass is 419 g/mol. The summed E-state index contributed by atoms with van der Waals surface area (Å²) in [6.07, 6.45) is 7.74. The Morgan fingerprint density at radius 1 is 1.00 bits per heavy atom. The molecule has 0 N–H and O–H groups in total. The van der Waals surface area contributed by atoms with Gasteiger partial charge in [0.15, 0.2) is 0 Å². The van der Waals surface area contributed by atoms with Crippen LogP contribution < -0.4 is 4.90 Å². The van der Waals surface area contributed by atoms with Crippen LogP contribution in [0.4, 0.5) is 5.95 Å². The summed E-state index contributed by atoms with van der Waals surface area (Å²) in [7, 11) is 0. The second-order valence-corrected chi connectivity index (χ2v) is 9.36. The normalized spacial score (nSPS) is 20.2. The van der Waals surface area contributed by atoms with Gasteiger partial charge in [0.25, 0.3) is 5.91 Å². The zero-order chi connectivity index (χ0) is 21.4. The van der Waals surface area contributed by atoms with E-state index in [4.69, 9.17) is 9.97 Å².